The first-order valence-corrected chi connectivity index (χ1v) is 10.0. The number of carbonyl (C=O) groups is 2. The molecular formula is C19H25NO4S. The van der Waals surface area contributed by atoms with Crippen LogP contribution in [0, 0.1) is 6.92 Å². The van der Waals surface area contributed by atoms with Crippen molar-refractivity contribution >= 4 is 21.6 Å². The standard InChI is InChI=1S/C19H25NO4S/c1-4-5-6-18-19(22)12-9-16(13-15(3)21)20(18)25(23,24)17-10-7-14(2)8-11-17/h7-12,16,18H,4-6,13H2,1-3H3/t16-,18-/m1/s1. The molecule has 136 valence electrons. The summed E-state index contributed by atoms with van der Waals surface area (Å²) in [6, 6.07) is 5.19. The first-order valence-electron chi connectivity index (χ1n) is 8.59. The molecule has 1 aromatic rings. The molecule has 0 fully saturated rings. The van der Waals surface area contributed by atoms with Gasteiger partial charge in [0.1, 0.15) is 5.78 Å². The molecular weight excluding hydrogens is 338 g/mol. The van der Waals surface area contributed by atoms with Crippen LogP contribution in [-0.4, -0.2) is 36.4 Å². The summed E-state index contributed by atoms with van der Waals surface area (Å²) in [6.45, 7) is 5.31. The Morgan fingerprint density at radius 1 is 1.20 bits per heavy atom. The number of nitrogens with zero attached hydrogens (tertiary/aromatic N) is 1. The van der Waals surface area contributed by atoms with Crippen LogP contribution in [0.4, 0.5) is 0 Å². The molecule has 0 saturated carbocycles. The summed E-state index contributed by atoms with van der Waals surface area (Å²) in [5.74, 6) is -0.328. The van der Waals surface area contributed by atoms with Crippen LogP contribution in [0.2, 0.25) is 0 Å². The van der Waals surface area contributed by atoms with E-state index in [1.807, 2.05) is 13.8 Å². The number of benzene rings is 1. The van der Waals surface area contributed by atoms with Gasteiger partial charge in [0.15, 0.2) is 5.78 Å². The van der Waals surface area contributed by atoms with Gasteiger partial charge in [-0.2, -0.15) is 4.31 Å². The quantitative estimate of drug-likeness (QED) is 0.746. The van der Waals surface area contributed by atoms with Crippen molar-refractivity contribution in [3.63, 3.8) is 0 Å². The molecule has 0 radical (unpaired) electrons. The van der Waals surface area contributed by atoms with Gasteiger partial charge in [0.05, 0.1) is 17.0 Å². The van der Waals surface area contributed by atoms with Gasteiger partial charge in [0, 0.05) is 6.42 Å². The van der Waals surface area contributed by atoms with Crippen molar-refractivity contribution in [2.45, 2.75) is 63.4 Å². The van der Waals surface area contributed by atoms with E-state index in [1.165, 1.54) is 23.4 Å². The van der Waals surface area contributed by atoms with Crippen molar-refractivity contribution in [3.8, 4) is 0 Å². The van der Waals surface area contributed by atoms with E-state index in [2.05, 4.69) is 0 Å². The Balaban J connectivity index is 2.50. The monoisotopic (exact) mass is 363 g/mol. The van der Waals surface area contributed by atoms with E-state index in [0.29, 0.717) is 6.42 Å². The Morgan fingerprint density at radius 2 is 1.84 bits per heavy atom. The zero-order valence-corrected chi connectivity index (χ0v) is 15.8. The van der Waals surface area contributed by atoms with Gasteiger partial charge in [-0.15, -0.1) is 0 Å². The lowest BCUT2D eigenvalue weighted by molar-refractivity contribution is -0.121. The number of aryl methyl sites for hydroxylation is 1. The van der Waals surface area contributed by atoms with E-state index in [1.54, 1.807) is 24.3 Å². The fraction of sp³-hybridized carbons (Fsp3) is 0.474. The van der Waals surface area contributed by atoms with Crippen molar-refractivity contribution < 1.29 is 18.0 Å². The molecule has 0 bridgehead atoms. The molecule has 1 aliphatic rings. The smallest absolute Gasteiger partial charge is 0.244 e. The van der Waals surface area contributed by atoms with Crippen molar-refractivity contribution in [2.75, 3.05) is 0 Å². The van der Waals surface area contributed by atoms with Gasteiger partial charge in [-0.05, 0) is 38.5 Å². The minimum atomic E-state index is -3.88. The first-order chi connectivity index (χ1) is 11.8. The maximum absolute atomic E-state index is 13.2. The lowest BCUT2D eigenvalue weighted by atomic mass is 9.97. The fourth-order valence-corrected chi connectivity index (χ4v) is 4.82. The van der Waals surface area contributed by atoms with Crippen molar-refractivity contribution in [1.29, 1.82) is 0 Å². The number of rotatable bonds is 7. The van der Waals surface area contributed by atoms with Gasteiger partial charge < -0.3 is 0 Å². The molecule has 2 atom stereocenters. The molecule has 2 rings (SSSR count). The van der Waals surface area contributed by atoms with Gasteiger partial charge >= 0.3 is 0 Å². The molecule has 0 saturated heterocycles. The lowest BCUT2D eigenvalue weighted by Gasteiger charge is -2.37. The van der Waals surface area contributed by atoms with Crippen LogP contribution in [0.15, 0.2) is 41.3 Å². The van der Waals surface area contributed by atoms with E-state index < -0.39 is 22.1 Å². The highest BCUT2D eigenvalue weighted by molar-refractivity contribution is 7.89. The first kappa shape index (κ1) is 19.5. The number of unbranched alkanes of at least 4 members (excludes halogenated alkanes) is 1. The van der Waals surface area contributed by atoms with Gasteiger partial charge in [0.2, 0.25) is 10.0 Å². The molecule has 6 heteroatoms. The molecule has 0 amide bonds. The molecule has 0 aromatic heterocycles. The Kier molecular flexibility index (Phi) is 6.30. The zero-order chi connectivity index (χ0) is 18.6. The van der Waals surface area contributed by atoms with Crippen LogP contribution >= 0.6 is 0 Å². The highest BCUT2D eigenvalue weighted by atomic mass is 32.2. The highest BCUT2D eigenvalue weighted by Crippen LogP contribution is 2.29. The Bertz CT molecular complexity index is 765. The lowest BCUT2D eigenvalue weighted by Crippen LogP contribution is -2.52. The van der Waals surface area contributed by atoms with Crippen molar-refractivity contribution in [2.24, 2.45) is 0 Å². The Labute approximate surface area is 149 Å². The SMILES string of the molecule is CCCC[C@@H]1C(=O)C=C[C@H](CC(C)=O)N1S(=O)(=O)c1ccc(C)cc1. The van der Waals surface area contributed by atoms with E-state index in [0.717, 1.165) is 18.4 Å². The molecule has 0 N–H and O–H groups in total. The second kappa shape index (κ2) is 8.06. The zero-order valence-electron chi connectivity index (χ0n) is 14.9. The molecule has 0 aliphatic carbocycles. The number of hydrogen-bond acceptors (Lipinski definition) is 4. The Hall–Kier alpha value is -1.79. The van der Waals surface area contributed by atoms with Gasteiger partial charge in [-0.3, -0.25) is 9.59 Å². The molecule has 0 unspecified atom stereocenters. The molecule has 1 aromatic carbocycles. The molecule has 1 heterocycles. The van der Waals surface area contributed by atoms with Crippen LogP contribution in [0.5, 0.6) is 0 Å². The average molecular weight is 363 g/mol. The summed E-state index contributed by atoms with van der Waals surface area (Å²) < 4.78 is 27.7. The molecule has 0 spiro atoms. The molecule has 5 nitrogen and oxygen atoms in total. The summed E-state index contributed by atoms with van der Waals surface area (Å²) in [5, 5.41) is 0. The second-order valence-electron chi connectivity index (χ2n) is 6.54. The molecule has 1 aliphatic heterocycles. The maximum Gasteiger partial charge on any atom is 0.244 e. The third kappa shape index (κ3) is 4.44. The van der Waals surface area contributed by atoms with E-state index in [-0.39, 0.29) is 22.9 Å². The van der Waals surface area contributed by atoms with Gasteiger partial charge in [0.25, 0.3) is 0 Å². The number of sulfonamides is 1. The number of Topliss-reactive ketones (excluding diaryl/α,β-unsaturated/α-hetero) is 1. The van der Waals surface area contributed by atoms with Crippen LogP contribution in [0.25, 0.3) is 0 Å². The predicted octanol–water partition coefficient (Wildman–Crippen LogP) is 3.03. The minimum absolute atomic E-state index is 0.0670. The third-order valence-corrected chi connectivity index (χ3v) is 6.32. The van der Waals surface area contributed by atoms with Crippen LogP contribution < -0.4 is 0 Å². The minimum Gasteiger partial charge on any atom is -0.300 e. The topological polar surface area (TPSA) is 71.5 Å². The Morgan fingerprint density at radius 3 is 2.40 bits per heavy atom. The summed E-state index contributed by atoms with van der Waals surface area (Å²) in [6.07, 6.45) is 5.10. The van der Waals surface area contributed by atoms with Crippen LogP contribution in [-0.2, 0) is 19.6 Å². The third-order valence-electron chi connectivity index (χ3n) is 4.37. The largest absolute Gasteiger partial charge is 0.300 e. The second-order valence-corrected chi connectivity index (χ2v) is 8.38. The highest BCUT2D eigenvalue weighted by Gasteiger charge is 2.41. The summed E-state index contributed by atoms with van der Waals surface area (Å²) in [5.41, 5.74) is 0.955. The number of hydrogen-bond donors (Lipinski definition) is 0. The van der Waals surface area contributed by atoms with Crippen molar-refractivity contribution in [1.82, 2.24) is 4.31 Å². The normalized spacial score (nSPS) is 21.5. The summed E-state index contributed by atoms with van der Waals surface area (Å²) in [7, 11) is -3.88. The van der Waals surface area contributed by atoms with Crippen LogP contribution in [0.3, 0.4) is 0 Å². The number of ketones is 2. The summed E-state index contributed by atoms with van der Waals surface area (Å²) >= 11 is 0. The number of carbonyl (C=O) groups excluding carboxylic acids is 2. The maximum atomic E-state index is 13.2. The van der Waals surface area contributed by atoms with Crippen molar-refractivity contribution in [3.05, 3.63) is 42.0 Å². The van der Waals surface area contributed by atoms with E-state index in [9.17, 15) is 18.0 Å². The fourth-order valence-electron chi connectivity index (χ4n) is 3.06. The summed E-state index contributed by atoms with van der Waals surface area (Å²) in [4.78, 5) is 24.2. The van der Waals surface area contributed by atoms with E-state index in [4.69, 9.17) is 0 Å². The average Bonchev–Trinajstić information content (AvgIpc) is 2.54. The van der Waals surface area contributed by atoms with Crippen LogP contribution in [0.1, 0.15) is 45.1 Å². The predicted molar refractivity (Wildman–Crippen MR) is 96.7 cm³/mol. The molecule has 25 heavy (non-hydrogen) atoms. The van der Waals surface area contributed by atoms with Gasteiger partial charge in [-0.1, -0.05) is 43.5 Å². The van der Waals surface area contributed by atoms with E-state index >= 15 is 0 Å². The van der Waals surface area contributed by atoms with Gasteiger partial charge in [-0.25, -0.2) is 8.42 Å².